The van der Waals surface area contributed by atoms with Crippen molar-refractivity contribution in [3.05, 3.63) is 42.2 Å². The average Bonchev–Trinajstić information content (AvgIpc) is 3.39. The SMILES string of the molecule is CS(=O)(=O)c1c[nH]c(C(=O)Nc2nc3ccccc3n2CCN2CCCC2)c1. The highest BCUT2D eigenvalue weighted by molar-refractivity contribution is 7.90. The summed E-state index contributed by atoms with van der Waals surface area (Å²) in [7, 11) is -3.37. The molecule has 28 heavy (non-hydrogen) atoms. The normalized spacial score (nSPS) is 15.3. The Labute approximate surface area is 163 Å². The van der Waals surface area contributed by atoms with Crippen molar-refractivity contribution in [3.63, 3.8) is 0 Å². The number of carbonyl (C=O) groups is 1. The van der Waals surface area contributed by atoms with Gasteiger partial charge in [-0.15, -0.1) is 0 Å². The highest BCUT2D eigenvalue weighted by Gasteiger charge is 2.19. The topological polar surface area (TPSA) is 100 Å². The van der Waals surface area contributed by atoms with Gasteiger partial charge in [0.1, 0.15) is 5.69 Å². The lowest BCUT2D eigenvalue weighted by atomic mass is 10.3. The van der Waals surface area contributed by atoms with Gasteiger partial charge < -0.3 is 14.5 Å². The van der Waals surface area contributed by atoms with Crippen LogP contribution in [-0.2, 0) is 16.4 Å². The van der Waals surface area contributed by atoms with E-state index in [4.69, 9.17) is 0 Å². The van der Waals surface area contributed by atoms with Crippen LogP contribution in [0.4, 0.5) is 5.95 Å². The third-order valence-electron chi connectivity index (χ3n) is 5.05. The van der Waals surface area contributed by atoms with Gasteiger partial charge in [-0.25, -0.2) is 13.4 Å². The number of fused-ring (bicyclic) bond motifs is 1. The van der Waals surface area contributed by atoms with Crippen LogP contribution in [0.3, 0.4) is 0 Å². The summed E-state index contributed by atoms with van der Waals surface area (Å²) in [6.07, 6.45) is 4.88. The smallest absolute Gasteiger partial charge is 0.274 e. The van der Waals surface area contributed by atoms with E-state index in [0.717, 1.165) is 43.5 Å². The van der Waals surface area contributed by atoms with E-state index in [-0.39, 0.29) is 10.6 Å². The molecule has 4 rings (SSSR count). The molecule has 1 amide bonds. The van der Waals surface area contributed by atoms with Crippen molar-refractivity contribution in [2.75, 3.05) is 31.2 Å². The maximum Gasteiger partial charge on any atom is 0.274 e. The Bertz CT molecular complexity index is 1110. The molecule has 1 saturated heterocycles. The zero-order chi connectivity index (χ0) is 19.7. The highest BCUT2D eigenvalue weighted by atomic mass is 32.2. The van der Waals surface area contributed by atoms with Crippen LogP contribution < -0.4 is 5.32 Å². The Morgan fingerprint density at radius 3 is 2.68 bits per heavy atom. The molecule has 0 unspecified atom stereocenters. The van der Waals surface area contributed by atoms with Crippen molar-refractivity contribution in [2.45, 2.75) is 24.3 Å². The molecule has 148 valence electrons. The highest BCUT2D eigenvalue weighted by Crippen LogP contribution is 2.21. The number of amides is 1. The Balaban J connectivity index is 1.59. The molecule has 0 saturated carbocycles. The van der Waals surface area contributed by atoms with E-state index in [1.54, 1.807) is 0 Å². The molecule has 1 fully saturated rings. The minimum absolute atomic E-state index is 0.0835. The molecule has 0 bridgehead atoms. The lowest BCUT2D eigenvalue weighted by Crippen LogP contribution is -2.25. The van der Waals surface area contributed by atoms with E-state index in [1.807, 2.05) is 28.8 Å². The van der Waals surface area contributed by atoms with Crippen molar-refractivity contribution >= 4 is 32.7 Å². The van der Waals surface area contributed by atoms with Crippen molar-refractivity contribution < 1.29 is 13.2 Å². The molecule has 1 aliphatic heterocycles. The number of likely N-dealkylation sites (tertiary alicyclic amines) is 1. The van der Waals surface area contributed by atoms with Gasteiger partial charge in [-0.05, 0) is 44.1 Å². The lowest BCUT2D eigenvalue weighted by molar-refractivity contribution is 0.102. The Kier molecular flexibility index (Phi) is 4.94. The van der Waals surface area contributed by atoms with Crippen molar-refractivity contribution in [1.29, 1.82) is 0 Å². The van der Waals surface area contributed by atoms with Gasteiger partial charge in [-0.2, -0.15) is 0 Å². The quantitative estimate of drug-likeness (QED) is 0.659. The number of imidazole rings is 1. The third kappa shape index (κ3) is 3.81. The summed E-state index contributed by atoms with van der Waals surface area (Å²) in [5.74, 6) is 0.0357. The first-order valence-electron chi connectivity index (χ1n) is 9.29. The summed E-state index contributed by atoms with van der Waals surface area (Å²) in [6.45, 7) is 3.82. The predicted octanol–water partition coefficient (Wildman–Crippen LogP) is 2.12. The number of rotatable bonds is 6. The molecule has 0 spiro atoms. The molecule has 0 atom stereocenters. The second-order valence-corrected chi connectivity index (χ2v) is 9.12. The number of aromatic amines is 1. The molecule has 8 nitrogen and oxygen atoms in total. The van der Waals surface area contributed by atoms with Gasteiger partial charge in [0, 0.05) is 25.5 Å². The molecule has 1 aliphatic rings. The van der Waals surface area contributed by atoms with Crippen molar-refractivity contribution in [1.82, 2.24) is 19.4 Å². The van der Waals surface area contributed by atoms with Crippen LogP contribution in [-0.4, -0.2) is 59.6 Å². The Morgan fingerprint density at radius 1 is 1.21 bits per heavy atom. The third-order valence-corrected chi connectivity index (χ3v) is 6.14. The number of aromatic nitrogens is 3. The molecule has 2 N–H and O–H groups in total. The number of anilines is 1. The van der Waals surface area contributed by atoms with Crippen molar-refractivity contribution in [2.24, 2.45) is 0 Å². The van der Waals surface area contributed by atoms with Crippen LogP contribution >= 0.6 is 0 Å². The lowest BCUT2D eigenvalue weighted by Gasteiger charge is -2.16. The largest absolute Gasteiger partial charge is 0.356 e. The second kappa shape index (κ2) is 7.40. The molecule has 2 aromatic heterocycles. The van der Waals surface area contributed by atoms with Gasteiger partial charge in [0.25, 0.3) is 5.91 Å². The summed E-state index contributed by atoms with van der Waals surface area (Å²) >= 11 is 0. The predicted molar refractivity (Wildman–Crippen MR) is 107 cm³/mol. The first-order chi connectivity index (χ1) is 13.4. The van der Waals surface area contributed by atoms with Crippen LogP contribution in [0.5, 0.6) is 0 Å². The fourth-order valence-electron chi connectivity index (χ4n) is 3.53. The molecular formula is C19H23N5O3S. The standard InChI is InChI=1S/C19H23N5O3S/c1-28(26,27)14-12-16(20-13-14)18(25)22-19-21-15-6-2-3-7-17(15)24(19)11-10-23-8-4-5-9-23/h2-3,6-7,12-13,20H,4-5,8-11H2,1H3,(H,21,22,25). The minimum Gasteiger partial charge on any atom is -0.356 e. The maximum absolute atomic E-state index is 12.6. The summed E-state index contributed by atoms with van der Waals surface area (Å²) in [6, 6.07) is 9.09. The van der Waals surface area contributed by atoms with Crippen LogP contribution in [0.25, 0.3) is 11.0 Å². The second-order valence-electron chi connectivity index (χ2n) is 7.10. The van der Waals surface area contributed by atoms with E-state index in [9.17, 15) is 13.2 Å². The van der Waals surface area contributed by atoms with Gasteiger partial charge in [0.05, 0.1) is 15.9 Å². The van der Waals surface area contributed by atoms with E-state index < -0.39 is 15.7 Å². The van der Waals surface area contributed by atoms with E-state index >= 15 is 0 Å². The number of carbonyl (C=O) groups excluding carboxylic acids is 1. The van der Waals surface area contributed by atoms with Gasteiger partial charge in [0.2, 0.25) is 5.95 Å². The van der Waals surface area contributed by atoms with Gasteiger partial charge in [-0.3, -0.25) is 10.1 Å². The Morgan fingerprint density at radius 2 is 1.96 bits per heavy atom. The fourth-order valence-corrected chi connectivity index (χ4v) is 4.14. The number of nitrogens with zero attached hydrogens (tertiary/aromatic N) is 3. The first kappa shape index (κ1) is 18.7. The monoisotopic (exact) mass is 401 g/mol. The van der Waals surface area contributed by atoms with E-state index in [2.05, 4.69) is 20.2 Å². The zero-order valence-electron chi connectivity index (χ0n) is 15.7. The average molecular weight is 401 g/mol. The number of H-pyrrole nitrogens is 1. The number of hydrogen-bond donors (Lipinski definition) is 2. The number of sulfone groups is 1. The summed E-state index contributed by atoms with van der Waals surface area (Å²) in [5, 5.41) is 2.82. The molecule has 3 heterocycles. The van der Waals surface area contributed by atoms with Crippen LogP contribution in [0, 0.1) is 0 Å². The number of hydrogen-bond acceptors (Lipinski definition) is 5. The maximum atomic E-state index is 12.6. The summed E-state index contributed by atoms with van der Waals surface area (Å²) in [4.78, 5) is 22.4. The molecule has 0 radical (unpaired) electrons. The van der Waals surface area contributed by atoms with Gasteiger partial charge >= 0.3 is 0 Å². The van der Waals surface area contributed by atoms with E-state index in [1.165, 1.54) is 25.1 Å². The fraction of sp³-hybridized carbons (Fsp3) is 0.368. The number of benzene rings is 1. The van der Waals surface area contributed by atoms with Gasteiger partial charge in [0.15, 0.2) is 9.84 Å². The van der Waals surface area contributed by atoms with Crippen LogP contribution in [0.15, 0.2) is 41.4 Å². The van der Waals surface area contributed by atoms with Gasteiger partial charge in [-0.1, -0.05) is 12.1 Å². The number of para-hydroxylation sites is 2. The zero-order valence-corrected chi connectivity index (χ0v) is 16.5. The van der Waals surface area contributed by atoms with Crippen LogP contribution in [0.2, 0.25) is 0 Å². The first-order valence-corrected chi connectivity index (χ1v) is 11.2. The molecule has 0 aliphatic carbocycles. The summed E-state index contributed by atoms with van der Waals surface area (Å²) in [5.41, 5.74) is 1.95. The molecular weight excluding hydrogens is 378 g/mol. The van der Waals surface area contributed by atoms with Crippen LogP contribution in [0.1, 0.15) is 23.3 Å². The Hall–Kier alpha value is -2.65. The van der Waals surface area contributed by atoms with E-state index in [0.29, 0.717) is 5.95 Å². The molecule has 1 aromatic carbocycles. The number of nitrogens with one attached hydrogen (secondary N) is 2. The molecule has 9 heteroatoms. The summed E-state index contributed by atoms with van der Waals surface area (Å²) < 4.78 is 25.3. The molecule has 3 aromatic rings. The minimum atomic E-state index is -3.37. The van der Waals surface area contributed by atoms with Crippen molar-refractivity contribution in [3.8, 4) is 0 Å².